The summed E-state index contributed by atoms with van der Waals surface area (Å²) in [6.07, 6.45) is 1.50. The van der Waals surface area contributed by atoms with E-state index in [4.69, 9.17) is 32.7 Å². The van der Waals surface area contributed by atoms with Crippen molar-refractivity contribution in [2.45, 2.75) is 48.6 Å². The van der Waals surface area contributed by atoms with Crippen LogP contribution < -0.4 is 4.74 Å². The lowest BCUT2D eigenvalue weighted by Crippen LogP contribution is -2.29. The SMILES string of the molecule is COc1cccc2c1C(C)(C)CC1(CC1(Cl)Cl)OC2. The quantitative estimate of drug-likeness (QED) is 0.723. The summed E-state index contributed by atoms with van der Waals surface area (Å²) in [7, 11) is 1.71. The molecule has 0 amide bonds. The van der Waals surface area contributed by atoms with E-state index in [0.717, 1.165) is 17.7 Å². The van der Waals surface area contributed by atoms with Gasteiger partial charge in [0, 0.05) is 12.0 Å². The minimum Gasteiger partial charge on any atom is -0.496 e. The number of methoxy groups -OCH3 is 1. The van der Waals surface area contributed by atoms with Gasteiger partial charge < -0.3 is 9.47 Å². The van der Waals surface area contributed by atoms with Crippen LogP contribution in [0.25, 0.3) is 0 Å². The van der Waals surface area contributed by atoms with Gasteiger partial charge in [-0.3, -0.25) is 0 Å². The molecule has 1 heterocycles. The first-order chi connectivity index (χ1) is 8.81. The molecule has 1 unspecified atom stereocenters. The standard InChI is InChI=1S/C15H18Cl2O2/c1-13(2)8-14(9-15(14,16)17)19-7-10-5-4-6-11(18-3)12(10)13/h4-6H,7-9H2,1-3H3. The highest BCUT2D eigenvalue weighted by atomic mass is 35.5. The van der Waals surface area contributed by atoms with Gasteiger partial charge in [0.05, 0.1) is 13.7 Å². The average molecular weight is 301 g/mol. The van der Waals surface area contributed by atoms with Crippen molar-refractivity contribution in [1.29, 1.82) is 0 Å². The molecule has 1 fully saturated rings. The predicted octanol–water partition coefficient (Wildman–Crippen LogP) is 4.21. The van der Waals surface area contributed by atoms with Crippen molar-refractivity contribution in [3.05, 3.63) is 29.3 Å². The van der Waals surface area contributed by atoms with E-state index in [0.29, 0.717) is 13.0 Å². The summed E-state index contributed by atoms with van der Waals surface area (Å²) in [6.45, 7) is 4.94. The molecule has 0 aromatic heterocycles. The maximum atomic E-state index is 6.30. The van der Waals surface area contributed by atoms with Gasteiger partial charge in [0.15, 0.2) is 0 Å². The van der Waals surface area contributed by atoms with E-state index in [1.807, 2.05) is 12.1 Å². The summed E-state index contributed by atoms with van der Waals surface area (Å²) in [6, 6.07) is 6.09. The number of hydrogen-bond acceptors (Lipinski definition) is 2. The molecule has 2 aliphatic rings. The van der Waals surface area contributed by atoms with E-state index in [9.17, 15) is 0 Å². The van der Waals surface area contributed by atoms with Gasteiger partial charge in [0.2, 0.25) is 0 Å². The molecule has 0 saturated heterocycles. The molecule has 1 aliphatic carbocycles. The highest BCUT2D eigenvalue weighted by Crippen LogP contribution is 2.65. The van der Waals surface area contributed by atoms with Crippen LogP contribution in [0, 0.1) is 0 Å². The number of hydrogen-bond donors (Lipinski definition) is 0. The summed E-state index contributed by atoms with van der Waals surface area (Å²) in [5.74, 6) is 0.915. The molecule has 1 saturated carbocycles. The molecular weight excluding hydrogens is 283 g/mol. The molecule has 1 aromatic carbocycles. The van der Waals surface area contributed by atoms with Crippen LogP contribution in [0.15, 0.2) is 18.2 Å². The van der Waals surface area contributed by atoms with Gasteiger partial charge in [-0.2, -0.15) is 0 Å². The lowest BCUT2D eigenvalue weighted by molar-refractivity contribution is 0.00851. The maximum absolute atomic E-state index is 6.30. The van der Waals surface area contributed by atoms with E-state index >= 15 is 0 Å². The van der Waals surface area contributed by atoms with Gasteiger partial charge in [-0.05, 0) is 23.5 Å². The fourth-order valence-corrected chi connectivity index (χ4v) is 4.04. The molecule has 1 aromatic rings. The lowest BCUT2D eigenvalue weighted by Gasteiger charge is -2.29. The molecule has 1 aliphatic heterocycles. The van der Waals surface area contributed by atoms with Gasteiger partial charge in [0.25, 0.3) is 0 Å². The second kappa shape index (κ2) is 4.03. The third kappa shape index (κ3) is 1.96. The molecule has 1 atom stereocenters. The molecule has 4 heteroatoms. The number of ether oxygens (including phenoxy) is 2. The van der Waals surface area contributed by atoms with Crippen molar-refractivity contribution in [2.24, 2.45) is 0 Å². The van der Waals surface area contributed by atoms with Crippen LogP contribution in [0.2, 0.25) is 0 Å². The first-order valence-electron chi connectivity index (χ1n) is 6.49. The van der Waals surface area contributed by atoms with Gasteiger partial charge >= 0.3 is 0 Å². The van der Waals surface area contributed by atoms with Crippen LogP contribution in [0.1, 0.15) is 37.8 Å². The van der Waals surface area contributed by atoms with Crippen molar-refractivity contribution in [3.8, 4) is 5.75 Å². The van der Waals surface area contributed by atoms with Crippen molar-refractivity contribution in [1.82, 2.24) is 0 Å². The maximum Gasteiger partial charge on any atom is 0.150 e. The molecule has 1 spiro atoms. The number of alkyl halides is 2. The fraction of sp³-hybridized carbons (Fsp3) is 0.600. The minimum atomic E-state index is -0.750. The Kier molecular flexibility index (Phi) is 2.87. The fourth-order valence-electron chi connectivity index (χ4n) is 3.37. The summed E-state index contributed by atoms with van der Waals surface area (Å²) >= 11 is 12.6. The molecule has 19 heavy (non-hydrogen) atoms. The van der Waals surface area contributed by atoms with E-state index in [1.165, 1.54) is 5.56 Å². The molecule has 2 nitrogen and oxygen atoms in total. The van der Waals surface area contributed by atoms with Crippen molar-refractivity contribution in [3.63, 3.8) is 0 Å². The summed E-state index contributed by atoms with van der Waals surface area (Å²) in [5, 5.41) is 0. The monoisotopic (exact) mass is 300 g/mol. The summed E-state index contributed by atoms with van der Waals surface area (Å²) in [4.78, 5) is 0. The van der Waals surface area contributed by atoms with E-state index in [1.54, 1.807) is 7.11 Å². The largest absolute Gasteiger partial charge is 0.496 e. The second-order valence-corrected chi connectivity index (χ2v) is 7.70. The van der Waals surface area contributed by atoms with E-state index in [2.05, 4.69) is 19.9 Å². The Morgan fingerprint density at radius 1 is 1.21 bits per heavy atom. The van der Waals surface area contributed by atoms with Gasteiger partial charge in [0.1, 0.15) is 15.7 Å². The number of halogens is 2. The zero-order valence-corrected chi connectivity index (χ0v) is 12.9. The highest BCUT2D eigenvalue weighted by Gasteiger charge is 2.69. The highest BCUT2D eigenvalue weighted by molar-refractivity contribution is 6.52. The Labute approximate surface area is 124 Å². The normalized spacial score (nSPS) is 30.6. The Bertz CT molecular complexity index is 525. The van der Waals surface area contributed by atoms with Crippen LogP contribution in [-0.4, -0.2) is 17.0 Å². The predicted molar refractivity (Wildman–Crippen MR) is 77.2 cm³/mol. The average Bonchev–Trinajstić information content (AvgIpc) is 2.89. The van der Waals surface area contributed by atoms with Crippen molar-refractivity contribution in [2.75, 3.05) is 7.11 Å². The Morgan fingerprint density at radius 2 is 1.89 bits per heavy atom. The third-order valence-electron chi connectivity index (χ3n) is 4.29. The molecular formula is C15H18Cl2O2. The zero-order chi connectivity index (χ0) is 13.9. The minimum absolute atomic E-state index is 0.0794. The van der Waals surface area contributed by atoms with Crippen molar-refractivity contribution < 1.29 is 9.47 Å². The lowest BCUT2D eigenvalue weighted by atomic mass is 9.77. The molecule has 0 radical (unpaired) electrons. The number of benzene rings is 1. The molecule has 0 bridgehead atoms. The third-order valence-corrected chi connectivity index (χ3v) is 5.25. The Balaban J connectivity index is 2.08. The topological polar surface area (TPSA) is 18.5 Å². The van der Waals surface area contributed by atoms with Gasteiger partial charge in [-0.15, -0.1) is 0 Å². The summed E-state index contributed by atoms with van der Waals surface area (Å²) < 4.78 is 10.8. The van der Waals surface area contributed by atoms with Crippen LogP contribution in [0.5, 0.6) is 5.75 Å². The smallest absolute Gasteiger partial charge is 0.150 e. The van der Waals surface area contributed by atoms with E-state index < -0.39 is 9.93 Å². The van der Waals surface area contributed by atoms with E-state index in [-0.39, 0.29) is 5.41 Å². The first-order valence-corrected chi connectivity index (χ1v) is 7.25. The van der Waals surface area contributed by atoms with Crippen LogP contribution in [0.4, 0.5) is 0 Å². The van der Waals surface area contributed by atoms with Gasteiger partial charge in [-0.1, -0.05) is 49.2 Å². The number of fused-ring (bicyclic) bond motifs is 1. The van der Waals surface area contributed by atoms with Crippen LogP contribution in [-0.2, 0) is 16.8 Å². The first kappa shape index (κ1) is 13.5. The zero-order valence-electron chi connectivity index (χ0n) is 11.4. The Hall–Kier alpha value is -0.440. The Morgan fingerprint density at radius 3 is 2.47 bits per heavy atom. The molecule has 3 rings (SSSR count). The summed E-state index contributed by atoms with van der Waals surface area (Å²) in [5.41, 5.74) is 1.89. The van der Waals surface area contributed by atoms with Gasteiger partial charge in [-0.25, -0.2) is 0 Å². The van der Waals surface area contributed by atoms with Crippen LogP contribution >= 0.6 is 23.2 Å². The van der Waals surface area contributed by atoms with Crippen molar-refractivity contribution >= 4 is 23.2 Å². The molecule has 0 N–H and O–H groups in total. The van der Waals surface area contributed by atoms with Crippen LogP contribution in [0.3, 0.4) is 0 Å². The molecule has 104 valence electrons. The number of rotatable bonds is 1. The second-order valence-electron chi connectivity index (χ2n) is 6.22.